The van der Waals surface area contributed by atoms with E-state index in [1.165, 1.54) is 12.8 Å². The molecule has 1 spiro atoms. The fraction of sp³-hybridized carbons (Fsp3) is 0.667. The molecule has 0 bridgehead atoms. The van der Waals surface area contributed by atoms with E-state index in [1.54, 1.807) is 14.2 Å². The summed E-state index contributed by atoms with van der Waals surface area (Å²) in [7, 11) is 3.30. The van der Waals surface area contributed by atoms with Crippen LogP contribution in [0.1, 0.15) is 37.4 Å². The van der Waals surface area contributed by atoms with Crippen LogP contribution in [0.3, 0.4) is 0 Å². The largest absolute Gasteiger partial charge is 0.493 e. The van der Waals surface area contributed by atoms with Crippen molar-refractivity contribution in [2.45, 2.75) is 43.6 Å². The molecule has 1 aromatic carbocycles. The maximum Gasteiger partial charge on any atom is 0.170 e. The van der Waals surface area contributed by atoms with Gasteiger partial charge in [0.2, 0.25) is 0 Å². The minimum Gasteiger partial charge on any atom is -0.493 e. The van der Waals surface area contributed by atoms with Crippen molar-refractivity contribution in [1.82, 2.24) is 5.32 Å². The molecule has 1 N–H and O–H groups in total. The molecule has 4 atom stereocenters. The average Bonchev–Trinajstić information content (AvgIpc) is 3.21. The summed E-state index contributed by atoms with van der Waals surface area (Å²) in [5.41, 5.74) is 1.08. The minimum absolute atomic E-state index is 0.0345. The van der Waals surface area contributed by atoms with Crippen LogP contribution in [0.4, 0.5) is 0 Å². The lowest BCUT2D eigenvalue weighted by atomic mass is 9.82. The van der Waals surface area contributed by atoms with Gasteiger partial charge in [-0.15, -0.1) is 0 Å². The highest BCUT2D eigenvalue weighted by Gasteiger charge is 2.49. The van der Waals surface area contributed by atoms with Crippen LogP contribution in [-0.2, 0) is 9.47 Å². The third kappa shape index (κ3) is 2.71. The molecule has 1 saturated carbocycles. The van der Waals surface area contributed by atoms with Gasteiger partial charge in [-0.2, -0.15) is 0 Å². The Hall–Kier alpha value is -1.30. The fourth-order valence-electron chi connectivity index (χ4n) is 4.26. The Morgan fingerprint density at radius 1 is 1.17 bits per heavy atom. The third-order valence-electron chi connectivity index (χ3n) is 5.55. The Bertz CT molecular complexity index is 578. The molecule has 1 aliphatic carbocycles. The van der Waals surface area contributed by atoms with Crippen molar-refractivity contribution in [3.63, 3.8) is 0 Å². The highest BCUT2D eigenvalue weighted by atomic mass is 16.7. The van der Waals surface area contributed by atoms with E-state index in [9.17, 15) is 0 Å². The standard InChI is InChI=1S/C18H25NO4/c1-20-15-4-3-13(9-16(15)21-2)17-11-22-18(23-17)7-5-12-6-8-19-14(12)10-18/h3-4,9,12,14,17,19H,5-8,10-11H2,1-2H3. The van der Waals surface area contributed by atoms with Crippen molar-refractivity contribution in [3.8, 4) is 11.5 Å². The number of hydrogen-bond acceptors (Lipinski definition) is 5. The van der Waals surface area contributed by atoms with Crippen LogP contribution in [0.15, 0.2) is 18.2 Å². The zero-order chi connectivity index (χ0) is 15.9. The van der Waals surface area contributed by atoms with E-state index in [4.69, 9.17) is 18.9 Å². The maximum atomic E-state index is 6.40. The number of rotatable bonds is 3. The van der Waals surface area contributed by atoms with Gasteiger partial charge < -0.3 is 24.3 Å². The quantitative estimate of drug-likeness (QED) is 0.928. The summed E-state index contributed by atoms with van der Waals surface area (Å²) in [4.78, 5) is 0. The van der Waals surface area contributed by atoms with Gasteiger partial charge in [0.15, 0.2) is 17.3 Å². The molecule has 0 radical (unpaired) electrons. The molecular weight excluding hydrogens is 294 g/mol. The summed E-state index contributed by atoms with van der Waals surface area (Å²) < 4.78 is 23.3. The van der Waals surface area contributed by atoms with Crippen LogP contribution in [-0.4, -0.2) is 39.2 Å². The van der Waals surface area contributed by atoms with Crippen LogP contribution >= 0.6 is 0 Å². The monoisotopic (exact) mass is 319 g/mol. The molecule has 4 rings (SSSR count). The van der Waals surface area contributed by atoms with Crippen LogP contribution in [0.25, 0.3) is 0 Å². The lowest BCUT2D eigenvalue weighted by Crippen LogP contribution is -2.45. The number of fused-ring (bicyclic) bond motifs is 1. The second-order valence-corrected chi connectivity index (χ2v) is 6.79. The number of ether oxygens (including phenoxy) is 4. The highest BCUT2D eigenvalue weighted by molar-refractivity contribution is 5.43. The van der Waals surface area contributed by atoms with Gasteiger partial charge >= 0.3 is 0 Å². The summed E-state index contributed by atoms with van der Waals surface area (Å²) in [6.07, 6.45) is 4.41. The zero-order valence-electron chi connectivity index (χ0n) is 13.8. The highest BCUT2D eigenvalue weighted by Crippen LogP contribution is 2.46. The van der Waals surface area contributed by atoms with Crippen molar-refractivity contribution in [1.29, 1.82) is 0 Å². The Labute approximate surface area is 137 Å². The molecule has 0 aromatic heterocycles. The van der Waals surface area contributed by atoms with Crippen molar-refractivity contribution >= 4 is 0 Å². The molecule has 2 heterocycles. The summed E-state index contributed by atoms with van der Waals surface area (Å²) in [6.45, 7) is 1.73. The van der Waals surface area contributed by atoms with Gasteiger partial charge in [0.05, 0.1) is 20.8 Å². The predicted molar refractivity (Wildman–Crippen MR) is 85.8 cm³/mol. The van der Waals surface area contributed by atoms with E-state index in [1.807, 2.05) is 18.2 Å². The average molecular weight is 319 g/mol. The minimum atomic E-state index is -0.406. The van der Waals surface area contributed by atoms with E-state index >= 15 is 0 Å². The first-order valence-electron chi connectivity index (χ1n) is 8.50. The topological polar surface area (TPSA) is 49.0 Å². The molecule has 2 saturated heterocycles. The van der Waals surface area contributed by atoms with Gasteiger partial charge in [-0.3, -0.25) is 0 Å². The molecule has 126 valence electrons. The third-order valence-corrected chi connectivity index (χ3v) is 5.55. The Balaban J connectivity index is 1.50. The van der Waals surface area contributed by atoms with E-state index in [2.05, 4.69) is 5.32 Å². The lowest BCUT2D eigenvalue weighted by Gasteiger charge is -2.38. The van der Waals surface area contributed by atoms with Crippen LogP contribution in [0.5, 0.6) is 11.5 Å². The van der Waals surface area contributed by atoms with Gasteiger partial charge in [-0.1, -0.05) is 6.07 Å². The Kier molecular flexibility index (Phi) is 3.95. The van der Waals surface area contributed by atoms with Gasteiger partial charge in [0, 0.05) is 18.9 Å². The van der Waals surface area contributed by atoms with Gasteiger partial charge in [0.25, 0.3) is 0 Å². The second-order valence-electron chi connectivity index (χ2n) is 6.79. The summed E-state index contributed by atoms with van der Waals surface area (Å²) >= 11 is 0. The Morgan fingerprint density at radius 2 is 2.04 bits per heavy atom. The SMILES string of the molecule is COc1ccc(C2COC3(CCC4CCNC4C3)O2)cc1OC. The molecule has 5 heteroatoms. The van der Waals surface area contributed by atoms with Crippen LogP contribution < -0.4 is 14.8 Å². The molecule has 2 aliphatic heterocycles. The molecule has 3 fully saturated rings. The predicted octanol–water partition coefficient (Wildman–Crippen LogP) is 2.65. The number of nitrogens with one attached hydrogen (secondary N) is 1. The number of hydrogen-bond donors (Lipinski definition) is 1. The summed E-state index contributed by atoms with van der Waals surface area (Å²) in [5.74, 6) is 1.86. The first-order valence-corrected chi connectivity index (χ1v) is 8.50. The van der Waals surface area contributed by atoms with E-state index < -0.39 is 5.79 Å². The Morgan fingerprint density at radius 3 is 2.87 bits per heavy atom. The number of benzene rings is 1. The lowest BCUT2D eigenvalue weighted by molar-refractivity contribution is -0.196. The first kappa shape index (κ1) is 15.2. The molecular formula is C18H25NO4. The van der Waals surface area contributed by atoms with Gasteiger partial charge in [0.1, 0.15) is 6.10 Å². The summed E-state index contributed by atoms with van der Waals surface area (Å²) in [6, 6.07) is 6.50. The van der Waals surface area contributed by atoms with Crippen molar-refractivity contribution in [3.05, 3.63) is 23.8 Å². The zero-order valence-corrected chi connectivity index (χ0v) is 13.8. The van der Waals surface area contributed by atoms with Crippen molar-refractivity contribution < 1.29 is 18.9 Å². The smallest absolute Gasteiger partial charge is 0.170 e. The molecule has 3 aliphatic rings. The molecule has 23 heavy (non-hydrogen) atoms. The molecule has 1 aromatic rings. The molecule has 4 unspecified atom stereocenters. The van der Waals surface area contributed by atoms with Crippen LogP contribution in [0, 0.1) is 5.92 Å². The molecule has 0 amide bonds. The maximum absolute atomic E-state index is 6.40. The normalized spacial score (nSPS) is 36.2. The fourth-order valence-corrected chi connectivity index (χ4v) is 4.26. The van der Waals surface area contributed by atoms with Crippen molar-refractivity contribution in [2.24, 2.45) is 5.92 Å². The van der Waals surface area contributed by atoms with Gasteiger partial charge in [-0.25, -0.2) is 0 Å². The second kappa shape index (κ2) is 5.96. The van der Waals surface area contributed by atoms with Gasteiger partial charge in [-0.05, 0) is 43.0 Å². The first-order chi connectivity index (χ1) is 11.2. The van der Waals surface area contributed by atoms with E-state index in [-0.39, 0.29) is 6.10 Å². The number of methoxy groups -OCH3 is 2. The molecule has 5 nitrogen and oxygen atoms in total. The van der Waals surface area contributed by atoms with E-state index in [0.717, 1.165) is 42.4 Å². The van der Waals surface area contributed by atoms with Crippen molar-refractivity contribution in [2.75, 3.05) is 27.4 Å². The van der Waals surface area contributed by atoms with E-state index in [0.29, 0.717) is 12.6 Å². The summed E-state index contributed by atoms with van der Waals surface area (Å²) in [5, 5.41) is 3.60. The van der Waals surface area contributed by atoms with Crippen LogP contribution in [0.2, 0.25) is 0 Å².